The standard InChI is InChI=1S/C31H36N4O/c1-30(2)19-25(20-31(3,4)34-30)35(5)29-16-15-27(32-33-29)26-17-23-13-9-10-14-24(23)18-28(26)36-21-22-11-7-6-8-12-22/h6-18,25,34H,19-21H2,1-5H3. The summed E-state index contributed by atoms with van der Waals surface area (Å²) in [6, 6.07) is 27.4. The van der Waals surface area contributed by atoms with Gasteiger partial charge < -0.3 is 15.0 Å². The number of ether oxygens (including phenoxy) is 1. The Hall–Kier alpha value is -3.44. The molecule has 0 aliphatic carbocycles. The van der Waals surface area contributed by atoms with Crippen molar-refractivity contribution in [3.8, 4) is 17.0 Å². The first-order chi connectivity index (χ1) is 17.2. The van der Waals surface area contributed by atoms with Crippen LogP contribution in [0.1, 0.15) is 46.1 Å². The van der Waals surface area contributed by atoms with E-state index in [1.165, 1.54) is 0 Å². The van der Waals surface area contributed by atoms with Crippen LogP contribution in [0.2, 0.25) is 0 Å². The number of nitrogens with zero attached hydrogens (tertiary/aromatic N) is 3. The van der Waals surface area contributed by atoms with Gasteiger partial charge in [-0.05, 0) is 81.1 Å². The highest BCUT2D eigenvalue weighted by molar-refractivity contribution is 5.90. The Bertz CT molecular complexity index is 1320. The van der Waals surface area contributed by atoms with Crippen molar-refractivity contribution in [3.05, 3.63) is 84.4 Å². The second kappa shape index (κ2) is 9.55. The molecule has 1 aliphatic heterocycles. The molecule has 0 atom stereocenters. The van der Waals surface area contributed by atoms with Gasteiger partial charge in [-0.25, -0.2) is 0 Å². The van der Waals surface area contributed by atoms with Gasteiger partial charge in [-0.2, -0.15) is 0 Å². The van der Waals surface area contributed by atoms with Gasteiger partial charge in [0.1, 0.15) is 12.4 Å². The van der Waals surface area contributed by atoms with Crippen molar-refractivity contribution < 1.29 is 4.74 Å². The van der Waals surface area contributed by atoms with Gasteiger partial charge in [0.2, 0.25) is 0 Å². The number of nitrogens with one attached hydrogen (secondary N) is 1. The number of hydrogen-bond acceptors (Lipinski definition) is 5. The summed E-state index contributed by atoms with van der Waals surface area (Å²) in [7, 11) is 2.14. The fraction of sp³-hybridized carbons (Fsp3) is 0.355. The molecule has 1 fully saturated rings. The SMILES string of the molecule is CN(c1ccc(-c2cc3ccccc3cc2OCc2ccccc2)nn1)C1CC(C)(C)NC(C)(C)C1. The van der Waals surface area contributed by atoms with Crippen LogP contribution < -0.4 is 15.0 Å². The number of piperidine rings is 1. The molecular weight excluding hydrogens is 444 g/mol. The van der Waals surface area contributed by atoms with Crippen LogP contribution in [-0.4, -0.2) is 34.4 Å². The summed E-state index contributed by atoms with van der Waals surface area (Å²) in [5, 5.41) is 15.4. The molecule has 0 radical (unpaired) electrons. The third kappa shape index (κ3) is 5.36. The maximum Gasteiger partial charge on any atom is 0.151 e. The average molecular weight is 481 g/mol. The number of rotatable bonds is 6. The zero-order valence-corrected chi connectivity index (χ0v) is 22.0. The molecule has 4 aromatic rings. The molecule has 1 N–H and O–H groups in total. The molecule has 5 heteroatoms. The molecule has 1 aliphatic rings. The van der Waals surface area contributed by atoms with E-state index in [1.807, 2.05) is 18.2 Å². The lowest BCUT2D eigenvalue weighted by Crippen LogP contribution is -2.62. The molecule has 0 unspecified atom stereocenters. The fourth-order valence-corrected chi connectivity index (χ4v) is 5.66. The lowest BCUT2D eigenvalue weighted by Gasteiger charge is -2.49. The van der Waals surface area contributed by atoms with Gasteiger partial charge in [0.25, 0.3) is 0 Å². The zero-order chi connectivity index (χ0) is 25.3. The van der Waals surface area contributed by atoms with E-state index in [9.17, 15) is 0 Å². The number of hydrogen-bond donors (Lipinski definition) is 1. The van der Waals surface area contributed by atoms with Crippen molar-refractivity contribution in [3.63, 3.8) is 0 Å². The Balaban J connectivity index is 1.43. The monoisotopic (exact) mass is 480 g/mol. The maximum atomic E-state index is 6.32. The topological polar surface area (TPSA) is 50.3 Å². The Morgan fingerprint density at radius 2 is 1.47 bits per heavy atom. The van der Waals surface area contributed by atoms with Crippen molar-refractivity contribution in [1.29, 1.82) is 0 Å². The third-order valence-corrected chi connectivity index (χ3v) is 7.09. The van der Waals surface area contributed by atoms with Crippen molar-refractivity contribution in [2.75, 3.05) is 11.9 Å². The number of anilines is 1. The minimum absolute atomic E-state index is 0.0735. The van der Waals surface area contributed by atoms with Crippen molar-refractivity contribution in [2.45, 2.75) is 64.3 Å². The van der Waals surface area contributed by atoms with Crippen LogP contribution in [0, 0.1) is 0 Å². The minimum atomic E-state index is 0.0735. The number of fused-ring (bicyclic) bond motifs is 1. The van der Waals surface area contributed by atoms with Gasteiger partial charge in [-0.3, -0.25) is 0 Å². The average Bonchev–Trinajstić information content (AvgIpc) is 2.85. The minimum Gasteiger partial charge on any atom is -0.488 e. The molecule has 36 heavy (non-hydrogen) atoms. The third-order valence-electron chi connectivity index (χ3n) is 7.09. The summed E-state index contributed by atoms with van der Waals surface area (Å²) < 4.78 is 6.32. The predicted octanol–water partition coefficient (Wildman–Crippen LogP) is 6.62. The van der Waals surface area contributed by atoms with E-state index in [2.05, 4.69) is 116 Å². The van der Waals surface area contributed by atoms with Gasteiger partial charge in [-0.15, -0.1) is 10.2 Å². The molecule has 5 nitrogen and oxygen atoms in total. The van der Waals surface area contributed by atoms with Gasteiger partial charge in [0.05, 0.1) is 5.69 Å². The highest BCUT2D eigenvalue weighted by Gasteiger charge is 2.39. The van der Waals surface area contributed by atoms with E-state index in [0.29, 0.717) is 12.6 Å². The van der Waals surface area contributed by atoms with Crippen LogP contribution in [0.5, 0.6) is 5.75 Å². The van der Waals surface area contributed by atoms with Crippen LogP contribution in [-0.2, 0) is 6.61 Å². The smallest absolute Gasteiger partial charge is 0.151 e. The molecule has 2 heterocycles. The lowest BCUT2D eigenvalue weighted by atomic mass is 9.79. The second-order valence-electron chi connectivity index (χ2n) is 11.3. The molecule has 0 amide bonds. The Labute approximate surface area is 214 Å². The lowest BCUT2D eigenvalue weighted by molar-refractivity contribution is 0.160. The fourth-order valence-electron chi connectivity index (χ4n) is 5.66. The maximum absolute atomic E-state index is 6.32. The molecule has 0 bridgehead atoms. The molecule has 3 aromatic carbocycles. The van der Waals surface area contributed by atoms with E-state index in [4.69, 9.17) is 4.74 Å². The van der Waals surface area contributed by atoms with Crippen LogP contribution in [0.15, 0.2) is 78.9 Å². The van der Waals surface area contributed by atoms with Crippen LogP contribution >= 0.6 is 0 Å². The number of aromatic nitrogens is 2. The van der Waals surface area contributed by atoms with Gasteiger partial charge in [-0.1, -0.05) is 54.6 Å². The van der Waals surface area contributed by atoms with E-state index in [1.54, 1.807) is 0 Å². The van der Waals surface area contributed by atoms with Crippen LogP contribution in [0.3, 0.4) is 0 Å². The first kappa shape index (κ1) is 24.3. The van der Waals surface area contributed by atoms with Gasteiger partial charge in [0.15, 0.2) is 5.82 Å². The summed E-state index contributed by atoms with van der Waals surface area (Å²) in [5.41, 5.74) is 3.05. The predicted molar refractivity (Wildman–Crippen MR) is 148 cm³/mol. The van der Waals surface area contributed by atoms with Crippen LogP contribution in [0.4, 0.5) is 5.82 Å². The highest BCUT2D eigenvalue weighted by Crippen LogP contribution is 2.35. The highest BCUT2D eigenvalue weighted by atomic mass is 16.5. The molecule has 186 valence electrons. The molecule has 0 saturated carbocycles. The zero-order valence-electron chi connectivity index (χ0n) is 22.0. The Morgan fingerprint density at radius 1 is 0.833 bits per heavy atom. The summed E-state index contributed by atoms with van der Waals surface area (Å²) in [6.07, 6.45) is 2.11. The summed E-state index contributed by atoms with van der Waals surface area (Å²) in [4.78, 5) is 2.29. The van der Waals surface area contributed by atoms with Gasteiger partial charge in [0, 0.05) is 29.7 Å². The second-order valence-corrected chi connectivity index (χ2v) is 11.3. The van der Waals surface area contributed by atoms with Gasteiger partial charge >= 0.3 is 0 Å². The summed E-state index contributed by atoms with van der Waals surface area (Å²) in [6.45, 7) is 9.61. The molecule has 1 aromatic heterocycles. The summed E-state index contributed by atoms with van der Waals surface area (Å²) in [5.74, 6) is 1.71. The van der Waals surface area contributed by atoms with Crippen molar-refractivity contribution in [1.82, 2.24) is 15.5 Å². The largest absolute Gasteiger partial charge is 0.488 e. The van der Waals surface area contributed by atoms with E-state index in [0.717, 1.165) is 52.0 Å². The van der Waals surface area contributed by atoms with Crippen molar-refractivity contribution in [2.24, 2.45) is 0 Å². The van der Waals surface area contributed by atoms with E-state index in [-0.39, 0.29) is 11.1 Å². The van der Waals surface area contributed by atoms with Crippen LogP contribution in [0.25, 0.3) is 22.0 Å². The Morgan fingerprint density at radius 3 is 2.11 bits per heavy atom. The first-order valence-corrected chi connectivity index (χ1v) is 12.7. The first-order valence-electron chi connectivity index (χ1n) is 12.7. The van der Waals surface area contributed by atoms with E-state index < -0.39 is 0 Å². The molecule has 0 spiro atoms. The van der Waals surface area contributed by atoms with Crippen molar-refractivity contribution >= 4 is 16.6 Å². The quantitative estimate of drug-likeness (QED) is 0.336. The Kier molecular flexibility index (Phi) is 6.44. The summed E-state index contributed by atoms with van der Waals surface area (Å²) >= 11 is 0. The molecule has 5 rings (SSSR count). The normalized spacial score (nSPS) is 17.1. The van der Waals surface area contributed by atoms with E-state index >= 15 is 0 Å². The molecular formula is C31H36N4O. The molecule has 1 saturated heterocycles. The number of benzene rings is 3.